The lowest BCUT2D eigenvalue weighted by Gasteiger charge is -2.38. The second-order valence-corrected chi connectivity index (χ2v) is 9.68. The van der Waals surface area contributed by atoms with Crippen molar-refractivity contribution in [2.45, 2.75) is 56.7 Å². The molecule has 3 aliphatic rings. The van der Waals surface area contributed by atoms with Crippen LogP contribution >= 0.6 is 0 Å². The third kappa shape index (κ3) is 3.91. The van der Waals surface area contributed by atoms with Gasteiger partial charge in [0.2, 0.25) is 5.95 Å². The Kier molecular flexibility index (Phi) is 4.61. The SMILES string of the molecule is [2H]C([2H])([2H])N1C2CCC1CN(C(=O)c1ccc(Nc3ncc4cc(C(=O)O)n(C5CCCC5)c4n3)nc1)C2. The zero-order chi connectivity index (χ0) is 26.6. The molecule has 35 heavy (non-hydrogen) atoms. The Morgan fingerprint density at radius 1 is 1.06 bits per heavy atom. The van der Waals surface area contributed by atoms with Crippen LogP contribution in [-0.4, -0.2) is 78.5 Å². The molecule has 2 unspecified atom stereocenters. The number of nitrogens with zero attached hydrogens (tertiary/aromatic N) is 6. The van der Waals surface area contributed by atoms with Gasteiger partial charge in [-0.1, -0.05) is 12.8 Å². The molecule has 2 aliphatic heterocycles. The summed E-state index contributed by atoms with van der Waals surface area (Å²) in [4.78, 5) is 41.6. The Morgan fingerprint density at radius 2 is 1.83 bits per heavy atom. The van der Waals surface area contributed by atoms with E-state index in [1.807, 2.05) is 4.57 Å². The summed E-state index contributed by atoms with van der Waals surface area (Å²) in [7, 11) is 0. The Labute approximate surface area is 207 Å². The average Bonchev–Trinajstić information content (AvgIpc) is 3.60. The van der Waals surface area contributed by atoms with Crippen LogP contribution in [0.25, 0.3) is 11.0 Å². The van der Waals surface area contributed by atoms with E-state index in [0.717, 1.165) is 38.5 Å². The van der Waals surface area contributed by atoms with Gasteiger partial charge < -0.3 is 19.9 Å². The number of amides is 1. The van der Waals surface area contributed by atoms with Crippen LogP contribution in [0.1, 0.15) is 69.5 Å². The van der Waals surface area contributed by atoms with E-state index in [-0.39, 0.29) is 35.7 Å². The van der Waals surface area contributed by atoms with Gasteiger partial charge in [0.15, 0.2) is 0 Å². The lowest BCUT2D eigenvalue weighted by Crippen LogP contribution is -2.53. The highest BCUT2D eigenvalue weighted by Gasteiger charge is 2.39. The molecule has 0 spiro atoms. The van der Waals surface area contributed by atoms with Crippen molar-refractivity contribution in [3.63, 3.8) is 0 Å². The Balaban J connectivity index is 1.18. The first-order chi connectivity index (χ1) is 18.2. The van der Waals surface area contributed by atoms with Gasteiger partial charge in [0, 0.05) is 53.1 Å². The largest absolute Gasteiger partial charge is 0.477 e. The molecule has 1 saturated carbocycles. The van der Waals surface area contributed by atoms with E-state index in [2.05, 4.69) is 20.3 Å². The highest BCUT2D eigenvalue weighted by molar-refractivity contribution is 5.95. The molecule has 182 valence electrons. The van der Waals surface area contributed by atoms with E-state index in [1.54, 1.807) is 34.2 Å². The number of carbonyl (C=O) groups is 2. The molecule has 3 aromatic heterocycles. The molecule has 2 bridgehead atoms. The summed E-state index contributed by atoms with van der Waals surface area (Å²) >= 11 is 0. The van der Waals surface area contributed by atoms with Crippen LogP contribution in [0, 0.1) is 0 Å². The smallest absolute Gasteiger partial charge is 0.352 e. The summed E-state index contributed by atoms with van der Waals surface area (Å²) in [5.74, 6) is -0.417. The molecular formula is C25H29N7O3. The van der Waals surface area contributed by atoms with E-state index in [1.165, 1.54) is 6.20 Å². The minimum absolute atomic E-state index is 0.0987. The minimum Gasteiger partial charge on any atom is -0.477 e. The zero-order valence-electron chi connectivity index (χ0n) is 22.2. The molecule has 10 heteroatoms. The quantitative estimate of drug-likeness (QED) is 0.574. The Morgan fingerprint density at radius 3 is 2.49 bits per heavy atom. The van der Waals surface area contributed by atoms with Crippen LogP contribution in [-0.2, 0) is 0 Å². The van der Waals surface area contributed by atoms with Crippen LogP contribution in [0.4, 0.5) is 11.8 Å². The standard InChI is InChI=1S/C25H29N7O3/c1-30-18-7-8-19(30)14-31(13-18)23(33)15-6-9-21(26-11-15)28-25-27-12-16-10-20(24(34)35)32(22(16)29-25)17-4-2-3-5-17/h6,9-12,17-19H,2-5,7-8,13-14H2,1H3,(H,34,35)(H,26,27,28,29)/i1D3. The maximum Gasteiger partial charge on any atom is 0.352 e. The summed E-state index contributed by atoms with van der Waals surface area (Å²) in [6.45, 7) is -1.37. The number of likely N-dealkylation sites (N-methyl/N-ethyl adjacent to an activating group) is 1. The van der Waals surface area contributed by atoms with E-state index in [9.17, 15) is 14.7 Å². The van der Waals surface area contributed by atoms with Gasteiger partial charge in [0.1, 0.15) is 17.2 Å². The fourth-order valence-electron chi connectivity index (χ4n) is 5.73. The zero-order valence-corrected chi connectivity index (χ0v) is 19.2. The molecule has 5 heterocycles. The normalized spacial score (nSPS) is 24.3. The molecule has 2 atom stereocenters. The fourth-order valence-corrected chi connectivity index (χ4v) is 5.73. The van der Waals surface area contributed by atoms with Crippen molar-refractivity contribution in [1.82, 2.24) is 29.3 Å². The number of nitrogens with one attached hydrogen (secondary N) is 1. The highest BCUT2D eigenvalue weighted by atomic mass is 16.4. The molecular weight excluding hydrogens is 446 g/mol. The lowest BCUT2D eigenvalue weighted by molar-refractivity contribution is 0.0523. The molecule has 1 aliphatic carbocycles. The van der Waals surface area contributed by atoms with Crippen molar-refractivity contribution in [1.29, 1.82) is 0 Å². The number of hydrogen-bond donors (Lipinski definition) is 2. The minimum atomic E-state index is -2.14. The topological polar surface area (TPSA) is 116 Å². The van der Waals surface area contributed by atoms with Crippen molar-refractivity contribution in [3.05, 3.63) is 41.9 Å². The van der Waals surface area contributed by atoms with Crippen molar-refractivity contribution < 1.29 is 18.8 Å². The van der Waals surface area contributed by atoms with Crippen LogP contribution < -0.4 is 5.32 Å². The Hall–Kier alpha value is -3.53. The average molecular weight is 479 g/mol. The molecule has 0 radical (unpaired) electrons. The van der Waals surface area contributed by atoms with Gasteiger partial charge in [-0.25, -0.2) is 14.8 Å². The maximum absolute atomic E-state index is 13.1. The molecule has 6 rings (SSSR count). The number of carboxylic acid groups (broad SMARTS) is 1. The molecule has 10 nitrogen and oxygen atoms in total. The van der Waals surface area contributed by atoms with E-state index >= 15 is 0 Å². The number of hydrogen-bond acceptors (Lipinski definition) is 7. The fraction of sp³-hybridized carbons (Fsp3) is 0.480. The summed E-state index contributed by atoms with van der Waals surface area (Å²) in [6.07, 6.45) is 8.60. The van der Waals surface area contributed by atoms with Crippen molar-refractivity contribution in [2.75, 3.05) is 25.4 Å². The highest BCUT2D eigenvalue weighted by Crippen LogP contribution is 2.34. The first kappa shape index (κ1) is 18.8. The number of piperazine rings is 1. The monoisotopic (exact) mass is 478 g/mol. The molecule has 3 fully saturated rings. The van der Waals surface area contributed by atoms with E-state index in [0.29, 0.717) is 35.5 Å². The molecule has 0 aromatic carbocycles. The van der Waals surface area contributed by atoms with Crippen molar-refractivity contribution in [2.24, 2.45) is 0 Å². The third-order valence-electron chi connectivity index (χ3n) is 7.50. The molecule has 2 saturated heterocycles. The number of fused-ring (bicyclic) bond motifs is 3. The Bertz CT molecular complexity index is 1370. The van der Waals surface area contributed by atoms with Gasteiger partial charge in [-0.15, -0.1) is 0 Å². The number of carboxylic acids is 1. The van der Waals surface area contributed by atoms with Crippen molar-refractivity contribution in [3.8, 4) is 0 Å². The van der Waals surface area contributed by atoms with Crippen LogP contribution in [0.2, 0.25) is 0 Å². The van der Waals surface area contributed by atoms with Gasteiger partial charge in [0.05, 0.1) is 5.56 Å². The van der Waals surface area contributed by atoms with Gasteiger partial charge in [-0.3, -0.25) is 9.69 Å². The van der Waals surface area contributed by atoms with Gasteiger partial charge >= 0.3 is 5.97 Å². The van der Waals surface area contributed by atoms with Crippen LogP contribution in [0.3, 0.4) is 0 Å². The summed E-state index contributed by atoms with van der Waals surface area (Å²) in [5, 5.41) is 13.4. The lowest BCUT2D eigenvalue weighted by atomic mass is 10.1. The summed E-state index contributed by atoms with van der Waals surface area (Å²) in [6, 6.07) is 4.75. The van der Waals surface area contributed by atoms with Crippen LogP contribution in [0.5, 0.6) is 0 Å². The number of aromatic carboxylic acids is 1. The molecule has 1 amide bonds. The summed E-state index contributed by atoms with van der Waals surface area (Å²) < 4.78 is 25.2. The van der Waals surface area contributed by atoms with Crippen LogP contribution in [0.15, 0.2) is 30.6 Å². The third-order valence-corrected chi connectivity index (χ3v) is 7.50. The predicted octanol–water partition coefficient (Wildman–Crippen LogP) is 3.30. The predicted molar refractivity (Wildman–Crippen MR) is 130 cm³/mol. The second-order valence-electron chi connectivity index (χ2n) is 9.68. The first-order valence-electron chi connectivity index (χ1n) is 13.6. The summed E-state index contributed by atoms with van der Waals surface area (Å²) in [5.41, 5.74) is 1.21. The van der Waals surface area contributed by atoms with E-state index in [4.69, 9.17) is 4.11 Å². The number of rotatable bonds is 5. The number of pyridine rings is 1. The van der Waals surface area contributed by atoms with Crippen molar-refractivity contribution >= 4 is 34.7 Å². The number of aromatic nitrogens is 4. The van der Waals surface area contributed by atoms with Gasteiger partial charge in [0.25, 0.3) is 5.91 Å². The van der Waals surface area contributed by atoms with E-state index < -0.39 is 12.9 Å². The molecule has 2 N–H and O–H groups in total. The second kappa shape index (κ2) is 8.60. The maximum atomic E-state index is 13.1. The number of anilines is 2. The molecule has 3 aromatic rings. The number of carbonyl (C=O) groups excluding carboxylic acids is 1. The van der Waals surface area contributed by atoms with Gasteiger partial charge in [-0.2, -0.15) is 4.98 Å². The number of likely N-dealkylation sites (tertiary alicyclic amines) is 1. The van der Waals surface area contributed by atoms with Gasteiger partial charge in [-0.05, 0) is 50.9 Å². The first-order valence-corrected chi connectivity index (χ1v) is 12.1.